The number of carbonyl (C=O) groups is 1. The number of nitrogens with zero attached hydrogens (tertiary/aromatic N) is 3. The van der Waals surface area contributed by atoms with Crippen LogP contribution in [-0.2, 0) is 0 Å². The van der Waals surface area contributed by atoms with E-state index in [4.69, 9.17) is 0 Å². The van der Waals surface area contributed by atoms with Gasteiger partial charge in [0.15, 0.2) is 5.72 Å². The summed E-state index contributed by atoms with van der Waals surface area (Å²) in [7, 11) is 0. The number of hydrogen-bond acceptors (Lipinski definition) is 5. The molecule has 7 heteroatoms. The molecule has 3 rings (SSSR count). The van der Waals surface area contributed by atoms with Gasteiger partial charge in [-0.25, -0.2) is 0 Å². The van der Waals surface area contributed by atoms with E-state index >= 15 is 0 Å². The molecule has 0 bridgehead atoms. The molecule has 0 radical (unpaired) electrons. The van der Waals surface area contributed by atoms with E-state index in [0.717, 1.165) is 10.6 Å². The summed E-state index contributed by atoms with van der Waals surface area (Å²) in [4.78, 5) is 23.2. The summed E-state index contributed by atoms with van der Waals surface area (Å²) in [6, 6.07) is 14.8. The monoisotopic (exact) mass is 325 g/mol. The van der Waals surface area contributed by atoms with Crippen LogP contribution >= 0.6 is 0 Å². The zero-order valence-corrected chi connectivity index (χ0v) is 12.9. The summed E-state index contributed by atoms with van der Waals surface area (Å²) in [6.07, 6.45) is 0.142. The summed E-state index contributed by atoms with van der Waals surface area (Å²) in [5.74, 6) is -0.710. The minimum absolute atomic E-state index is 0.110. The number of benzene rings is 2. The molecule has 1 heterocycles. The smallest absolute Gasteiger partial charge is 0.283 e. The predicted molar refractivity (Wildman–Crippen MR) is 87.5 cm³/mol. The number of rotatable bonds is 3. The van der Waals surface area contributed by atoms with Crippen LogP contribution < -0.4 is 0 Å². The largest absolute Gasteiger partial charge is 0.369 e. The van der Waals surface area contributed by atoms with Gasteiger partial charge in [0.1, 0.15) is 5.56 Å². The summed E-state index contributed by atoms with van der Waals surface area (Å²) in [5, 5.41) is 26.8. The van der Waals surface area contributed by atoms with E-state index in [1.54, 1.807) is 0 Å². The van der Waals surface area contributed by atoms with E-state index in [0.29, 0.717) is 5.71 Å². The molecule has 1 aliphatic heterocycles. The van der Waals surface area contributed by atoms with Gasteiger partial charge in [-0.1, -0.05) is 42.5 Å². The number of para-hydroxylation sites is 1. The van der Waals surface area contributed by atoms with Crippen molar-refractivity contribution in [3.63, 3.8) is 0 Å². The van der Waals surface area contributed by atoms with Crippen molar-refractivity contribution in [1.29, 1.82) is 0 Å². The van der Waals surface area contributed by atoms with Gasteiger partial charge in [0.05, 0.1) is 10.6 Å². The molecule has 2 aromatic rings. The third kappa shape index (κ3) is 2.77. The highest BCUT2D eigenvalue weighted by atomic mass is 16.6. The van der Waals surface area contributed by atoms with Gasteiger partial charge in [-0.2, -0.15) is 10.1 Å². The third-order valence-corrected chi connectivity index (χ3v) is 3.81. The minimum atomic E-state index is -1.55. The van der Waals surface area contributed by atoms with Crippen LogP contribution in [0.25, 0.3) is 0 Å². The first-order valence-electron chi connectivity index (χ1n) is 7.33. The Morgan fingerprint density at radius 3 is 2.50 bits per heavy atom. The molecule has 122 valence electrons. The molecule has 0 spiro atoms. The molecule has 0 saturated carbocycles. The summed E-state index contributed by atoms with van der Waals surface area (Å²) in [6.45, 7) is 1.46. The van der Waals surface area contributed by atoms with Gasteiger partial charge in [0.25, 0.3) is 11.6 Å². The van der Waals surface area contributed by atoms with Crippen LogP contribution in [0.15, 0.2) is 59.7 Å². The molecule has 1 N–H and O–H groups in total. The van der Waals surface area contributed by atoms with E-state index in [9.17, 15) is 20.0 Å². The molecule has 7 nitrogen and oxygen atoms in total. The normalized spacial score (nSPS) is 19.9. The van der Waals surface area contributed by atoms with Gasteiger partial charge in [-0.15, -0.1) is 0 Å². The van der Waals surface area contributed by atoms with E-state index in [1.807, 2.05) is 30.3 Å². The Balaban J connectivity index is 2.00. The van der Waals surface area contributed by atoms with Gasteiger partial charge in [0.2, 0.25) is 0 Å². The number of nitro benzene ring substituents is 1. The summed E-state index contributed by atoms with van der Waals surface area (Å²) < 4.78 is 0. The van der Waals surface area contributed by atoms with Crippen molar-refractivity contribution in [3.05, 3.63) is 75.8 Å². The molecular formula is C17H15N3O4. The maximum Gasteiger partial charge on any atom is 0.283 e. The molecule has 1 amide bonds. The molecular weight excluding hydrogens is 310 g/mol. The highest BCUT2D eigenvalue weighted by molar-refractivity contribution is 6.06. The van der Waals surface area contributed by atoms with Crippen LogP contribution in [0.2, 0.25) is 0 Å². The summed E-state index contributed by atoms with van der Waals surface area (Å²) >= 11 is 0. The van der Waals surface area contributed by atoms with E-state index in [-0.39, 0.29) is 17.7 Å². The minimum Gasteiger partial charge on any atom is -0.369 e. The SMILES string of the molecule is C[C@]1(O)CC(c2ccccc2)=NN1C(=O)c1ccccc1[N+](=O)[O-]. The highest BCUT2D eigenvalue weighted by Gasteiger charge is 2.42. The average Bonchev–Trinajstić information content (AvgIpc) is 2.90. The van der Waals surface area contributed by atoms with E-state index in [1.165, 1.54) is 31.2 Å². The van der Waals surface area contributed by atoms with Crippen molar-refractivity contribution >= 4 is 17.3 Å². The highest BCUT2D eigenvalue weighted by Crippen LogP contribution is 2.31. The second-order valence-corrected chi connectivity index (χ2v) is 5.70. The predicted octanol–water partition coefficient (Wildman–Crippen LogP) is 2.55. The molecule has 24 heavy (non-hydrogen) atoms. The van der Waals surface area contributed by atoms with Crippen LogP contribution in [0.4, 0.5) is 5.69 Å². The Bertz CT molecular complexity index is 831. The molecule has 1 atom stereocenters. The fourth-order valence-corrected chi connectivity index (χ4v) is 2.64. The van der Waals surface area contributed by atoms with Crippen molar-refractivity contribution in [2.75, 3.05) is 0 Å². The molecule has 0 aliphatic carbocycles. The van der Waals surface area contributed by atoms with Crippen LogP contribution in [0.3, 0.4) is 0 Å². The first kappa shape index (κ1) is 15.8. The lowest BCUT2D eigenvalue weighted by molar-refractivity contribution is -0.385. The number of nitro groups is 1. The van der Waals surface area contributed by atoms with Crippen molar-refractivity contribution < 1.29 is 14.8 Å². The lowest BCUT2D eigenvalue weighted by Gasteiger charge is -2.26. The zero-order valence-electron chi connectivity index (χ0n) is 12.9. The van der Waals surface area contributed by atoms with E-state index < -0.39 is 16.6 Å². The fourth-order valence-electron chi connectivity index (χ4n) is 2.64. The van der Waals surface area contributed by atoms with Crippen LogP contribution in [0, 0.1) is 10.1 Å². The van der Waals surface area contributed by atoms with Gasteiger partial charge in [-0.05, 0) is 18.6 Å². The second-order valence-electron chi connectivity index (χ2n) is 5.70. The Labute approximate surface area is 138 Å². The van der Waals surface area contributed by atoms with Crippen molar-refractivity contribution in [3.8, 4) is 0 Å². The molecule has 2 aromatic carbocycles. The number of hydrazone groups is 1. The summed E-state index contributed by atoms with van der Waals surface area (Å²) in [5.41, 5.74) is -0.642. The van der Waals surface area contributed by atoms with Crippen molar-refractivity contribution in [2.24, 2.45) is 5.10 Å². The third-order valence-electron chi connectivity index (χ3n) is 3.81. The van der Waals surface area contributed by atoms with Gasteiger partial charge >= 0.3 is 0 Å². The molecule has 1 aliphatic rings. The quantitative estimate of drug-likeness (QED) is 0.693. The fraction of sp³-hybridized carbons (Fsp3) is 0.176. The Morgan fingerprint density at radius 1 is 1.21 bits per heavy atom. The van der Waals surface area contributed by atoms with Crippen molar-refractivity contribution in [1.82, 2.24) is 5.01 Å². The number of carbonyl (C=O) groups excluding carboxylic acids is 1. The number of hydrogen-bond donors (Lipinski definition) is 1. The van der Waals surface area contributed by atoms with Crippen LogP contribution in [-0.4, -0.2) is 32.4 Å². The molecule has 0 saturated heterocycles. The van der Waals surface area contributed by atoms with Gasteiger partial charge in [0, 0.05) is 12.5 Å². The lowest BCUT2D eigenvalue weighted by Crippen LogP contribution is -2.43. The Kier molecular flexibility index (Phi) is 3.86. The first-order valence-corrected chi connectivity index (χ1v) is 7.33. The Morgan fingerprint density at radius 2 is 1.83 bits per heavy atom. The maximum absolute atomic E-state index is 12.7. The number of amides is 1. The lowest BCUT2D eigenvalue weighted by atomic mass is 10.0. The van der Waals surface area contributed by atoms with Crippen LogP contribution in [0.5, 0.6) is 0 Å². The number of aliphatic hydroxyl groups is 1. The van der Waals surface area contributed by atoms with E-state index in [2.05, 4.69) is 5.10 Å². The topological polar surface area (TPSA) is 96.0 Å². The zero-order chi connectivity index (χ0) is 17.3. The molecule has 0 unspecified atom stereocenters. The average molecular weight is 325 g/mol. The van der Waals surface area contributed by atoms with Crippen molar-refractivity contribution in [2.45, 2.75) is 19.1 Å². The first-order chi connectivity index (χ1) is 11.4. The molecule has 0 fully saturated rings. The van der Waals surface area contributed by atoms with Crippen LogP contribution in [0.1, 0.15) is 29.3 Å². The van der Waals surface area contributed by atoms with Gasteiger partial charge in [-0.3, -0.25) is 14.9 Å². The maximum atomic E-state index is 12.7. The second kappa shape index (κ2) is 5.86. The molecule has 0 aromatic heterocycles. The standard InChI is InChI=1S/C17H15N3O4/c1-17(22)11-14(12-7-3-2-4-8-12)18-19(17)16(21)13-9-5-6-10-15(13)20(23)24/h2-10,22H,11H2,1H3/t17-/m0/s1. The van der Waals surface area contributed by atoms with Gasteiger partial charge < -0.3 is 5.11 Å². The Hall–Kier alpha value is -3.06.